The van der Waals surface area contributed by atoms with E-state index in [0.29, 0.717) is 10.4 Å². The standard InChI is InChI=1S/C25H30F3N3O4S/c1-18(24(33)29-21-12-6-7-13-21)30(16-19-9-4-3-5-10-19)23(32)17-31(36(2,34)35)22-14-8-11-20(15-22)25(26,27)28/h3-5,8-11,14-15,18,21H,6-7,12-13,16-17H2,1-2H3,(H,29,33). The minimum absolute atomic E-state index is 0.0197. The number of hydrogen-bond donors (Lipinski definition) is 1. The predicted molar refractivity (Wildman–Crippen MR) is 130 cm³/mol. The van der Waals surface area contributed by atoms with Gasteiger partial charge in [0.15, 0.2) is 0 Å². The Morgan fingerprint density at radius 3 is 2.28 bits per heavy atom. The van der Waals surface area contributed by atoms with Crippen LogP contribution in [0.3, 0.4) is 0 Å². The van der Waals surface area contributed by atoms with Crippen molar-refractivity contribution in [3.05, 3.63) is 65.7 Å². The van der Waals surface area contributed by atoms with Crippen LogP contribution in [0.25, 0.3) is 0 Å². The maximum absolute atomic E-state index is 13.5. The van der Waals surface area contributed by atoms with Crippen LogP contribution in [0.4, 0.5) is 18.9 Å². The Labute approximate surface area is 209 Å². The maximum atomic E-state index is 13.5. The van der Waals surface area contributed by atoms with Gasteiger partial charge in [0.05, 0.1) is 17.5 Å². The van der Waals surface area contributed by atoms with Gasteiger partial charge in [-0.1, -0.05) is 49.2 Å². The molecule has 2 aromatic rings. The van der Waals surface area contributed by atoms with Crippen LogP contribution < -0.4 is 9.62 Å². The average molecular weight is 526 g/mol. The molecule has 1 unspecified atom stereocenters. The Kier molecular flexibility index (Phi) is 8.65. The summed E-state index contributed by atoms with van der Waals surface area (Å²) in [5.41, 5.74) is -0.605. The molecule has 36 heavy (non-hydrogen) atoms. The molecular weight excluding hydrogens is 495 g/mol. The zero-order valence-electron chi connectivity index (χ0n) is 20.2. The topological polar surface area (TPSA) is 86.8 Å². The fourth-order valence-corrected chi connectivity index (χ4v) is 5.05. The molecule has 2 aromatic carbocycles. The van der Waals surface area contributed by atoms with Crippen LogP contribution in [0.1, 0.15) is 43.7 Å². The van der Waals surface area contributed by atoms with Crippen LogP contribution in [0.2, 0.25) is 0 Å². The maximum Gasteiger partial charge on any atom is 0.416 e. The molecule has 11 heteroatoms. The normalized spacial score (nSPS) is 15.4. The van der Waals surface area contributed by atoms with E-state index in [1.807, 2.05) is 0 Å². The van der Waals surface area contributed by atoms with Gasteiger partial charge in [-0.2, -0.15) is 13.2 Å². The monoisotopic (exact) mass is 525 g/mol. The summed E-state index contributed by atoms with van der Waals surface area (Å²) in [6, 6.07) is 11.7. The number of amides is 2. The van der Waals surface area contributed by atoms with Crippen molar-refractivity contribution in [3.8, 4) is 0 Å². The van der Waals surface area contributed by atoms with Gasteiger partial charge in [0.2, 0.25) is 21.8 Å². The highest BCUT2D eigenvalue weighted by molar-refractivity contribution is 7.92. The number of anilines is 1. The summed E-state index contributed by atoms with van der Waals surface area (Å²) >= 11 is 0. The lowest BCUT2D eigenvalue weighted by atomic mass is 10.1. The predicted octanol–water partition coefficient (Wildman–Crippen LogP) is 3.95. The van der Waals surface area contributed by atoms with Gasteiger partial charge < -0.3 is 10.2 Å². The van der Waals surface area contributed by atoms with E-state index in [2.05, 4.69) is 5.32 Å². The zero-order chi connectivity index (χ0) is 26.5. The molecule has 1 N–H and O–H groups in total. The third-order valence-electron chi connectivity index (χ3n) is 6.21. The summed E-state index contributed by atoms with van der Waals surface area (Å²) in [6.45, 7) is 0.827. The first-order chi connectivity index (χ1) is 16.9. The molecule has 1 fully saturated rings. The fourth-order valence-electron chi connectivity index (χ4n) is 4.21. The van der Waals surface area contributed by atoms with Crippen molar-refractivity contribution in [1.82, 2.24) is 10.2 Å². The molecule has 1 aliphatic carbocycles. The second kappa shape index (κ2) is 11.3. The van der Waals surface area contributed by atoms with Gasteiger partial charge in [-0.25, -0.2) is 8.42 Å². The summed E-state index contributed by atoms with van der Waals surface area (Å²) in [5, 5.41) is 2.95. The first kappa shape index (κ1) is 27.5. The Hall–Kier alpha value is -3.08. The molecule has 0 spiro atoms. The largest absolute Gasteiger partial charge is 0.416 e. The van der Waals surface area contributed by atoms with E-state index >= 15 is 0 Å². The van der Waals surface area contributed by atoms with Crippen molar-refractivity contribution in [2.75, 3.05) is 17.1 Å². The average Bonchev–Trinajstić information content (AvgIpc) is 3.33. The van der Waals surface area contributed by atoms with Gasteiger partial charge in [-0.05, 0) is 43.5 Å². The quantitative estimate of drug-likeness (QED) is 0.537. The van der Waals surface area contributed by atoms with Crippen LogP contribution in [-0.4, -0.2) is 50.0 Å². The van der Waals surface area contributed by atoms with Crippen LogP contribution >= 0.6 is 0 Å². The number of sulfonamides is 1. The summed E-state index contributed by atoms with van der Waals surface area (Å²) in [5.74, 6) is -1.08. The number of carbonyl (C=O) groups excluding carboxylic acids is 2. The Balaban J connectivity index is 1.89. The Morgan fingerprint density at radius 2 is 1.69 bits per heavy atom. The van der Waals surface area contributed by atoms with Gasteiger partial charge in [-0.3, -0.25) is 13.9 Å². The van der Waals surface area contributed by atoms with E-state index in [1.54, 1.807) is 37.3 Å². The van der Waals surface area contributed by atoms with E-state index in [-0.39, 0.29) is 24.2 Å². The van der Waals surface area contributed by atoms with Gasteiger partial charge in [0.1, 0.15) is 12.6 Å². The molecule has 0 aromatic heterocycles. The highest BCUT2D eigenvalue weighted by atomic mass is 32.2. The number of hydrogen-bond acceptors (Lipinski definition) is 4. The molecule has 1 atom stereocenters. The van der Waals surface area contributed by atoms with Crippen molar-refractivity contribution in [3.63, 3.8) is 0 Å². The molecule has 1 saturated carbocycles. The second-order valence-electron chi connectivity index (χ2n) is 8.99. The summed E-state index contributed by atoms with van der Waals surface area (Å²) in [7, 11) is -4.13. The molecule has 3 rings (SSSR count). The highest BCUT2D eigenvalue weighted by Gasteiger charge is 2.34. The molecule has 0 bridgehead atoms. The summed E-state index contributed by atoms with van der Waals surface area (Å²) < 4.78 is 65.4. The minimum Gasteiger partial charge on any atom is -0.352 e. The van der Waals surface area contributed by atoms with Gasteiger partial charge in [-0.15, -0.1) is 0 Å². The lowest BCUT2D eigenvalue weighted by molar-refractivity contribution is -0.139. The molecular formula is C25H30F3N3O4S. The van der Waals surface area contributed by atoms with Gasteiger partial charge >= 0.3 is 6.18 Å². The van der Waals surface area contributed by atoms with E-state index in [1.165, 1.54) is 11.0 Å². The molecule has 0 radical (unpaired) electrons. The van der Waals surface area contributed by atoms with Gasteiger partial charge in [0.25, 0.3) is 0 Å². The van der Waals surface area contributed by atoms with Crippen LogP contribution in [0, 0.1) is 0 Å². The van der Waals surface area contributed by atoms with E-state index in [0.717, 1.165) is 49.6 Å². The fraction of sp³-hybridized carbons (Fsp3) is 0.440. The Bertz CT molecular complexity index is 1170. The van der Waals surface area contributed by atoms with E-state index < -0.39 is 40.3 Å². The summed E-state index contributed by atoms with van der Waals surface area (Å²) in [4.78, 5) is 27.7. The smallest absolute Gasteiger partial charge is 0.352 e. The van der Waals surface area contributed by atoms with Crippen LogP contribution in [0.15, 0.2) is 54.6 Å². The molecule has 0 aliphatic heterocycles. The van der Waals surface area contributed by atoms with Crippen molar-refractivity contribution >= 4 is 27.5 Å². The highest BCUT2D eigenvalue weighted by Crippen LogP contribution is 2.32. The SMILES string of the molecule is CC(C(=O)NC1CCCC1)N(Cc1ccccc1)C(=O)CN(c1cccc(C(F)(F)F)c1)S(C)(=O)=O. The second-order valence-corrected chi connectivity index (χ2v) is 10.9. The lowest BCUT2D eigenvalue weighted by Crippen LogP contribution is -2.52. The molecule has 196 valence electrons. The van der Waals surface area contributed by atoms with Crippen LogP contribution in [0.5, 0.6) is 0 Å². The minimum atomic E-state index is -4.69. The zero-order valence-corrected chi connectivity index (χ0v) is 21.0. The number of halogens is 3. The number of carbonyl (C=O) groups is 2. The number of benzene rings is 2. The van der Waals surface area contributed by atoms with Gasteiger partial charge in [0, 0.05) is 12.6 Å². The number of alkyl halides is 3. The summed E-state index contributed by atoms with van der Waals surface area (Å²) in [6.07, 6.45) is -0.155. The third kappa shape index (κ3) is 7.22. The van der Waals surface area contributed by atoms with Crippen molar-refractivity contribution in [1.29, 1.82) is 0 Å². The first-order valence-corrected chi connectivity index (χ1v) is 13.5. The van der Waals surface area contributed by atoms with Crippen molar-refractivity contribution < 1.29 is 31.2 Å². The molecule has 0 heterocycles. The first-order valence-electron chi connectivity index (χ1n) is 11.6. The molecule has 1 aliphatic rings. The number of nitrogens with one attached hydrogen (secondary N) is 1. The van der Waals surface area contributed by atoms with E-state index in [4.69, 9.17) is 0 Å². The van der Waals surface area contributed by atoms with E-state index in [9.17, 15) is 31.2 Å². The van der Waals surface area contributed by atoms with Crippen molar-refractivity contribution in [2.45, 2.75) is 57.4 Å². The third-order valence-corrected chi connectivity index (χ3v) is 7.35. The number of nitrogens with zero attached hydrogens (tertiary/aromatic N) is 2. The lowest BCUT2D eigenvalue weighted by Gasteiger charge is -2.32. The Morgan fingerprint density at radius 1 is 1.06 bits per heavy atom. The molecule has 2 amide bonds. The molecule has 7 nitrogen and oxygen atoms in total. The van der Waals surface area contributed by atoms with Crippen LogP contribution in [-0.2, 0) is 32.3 Å². The number of rotatable bonds is 9. The molecule has 0 saturated heterocycles. The van der Waals surface area contributed by atoms with Crippen molar-refractivity contribution in [2.24, 2.45) is 0 Å².